The predicted molar refractivity (Wildman–Crippen MR) is 99.7 cm³/mol. The van der Waals surface area contributed by atoms with Gasteiger partial charge in [-0.15, -0.1) is 11.3 Å². The maximum Gasteiger partial charge on any atom is 0.255 e. The van der Waals surface area contributed by atoms with Crippen molar-refractivity contribution in [2.45, 2.75) is 71.8 Å². The van der Waals surface area contributed by atoms with Crippen molar-refractivity contribution in [3.05, 3.63) is 21.4 Å². The molecule has 1 N–H and O–H groups in total. The van der Waals surface area contributed by atoms with Crippen molar-refractivity contribution in [2.75, 3.05) is 13.2 Å². The van der Waals surface area contributed by atoms with Gasteiger partial charge < -0.3 is 10.0 Å². The largest absolute Gasteiger partial charge is 0.396 e. The molecule has 1 aromatic heterocycles. The molecule has 3 nitrogen and oxygen atoms in total. The van der Waals surface area contributed by atoms with Crippen LogP contribution in [0.4, 0.5) is 0 Å². The molecule has 1 amide bonds. The Morgan fingerprint density at radius 1 is 1.33 bits per heavy atom. The molecule has 4 heteroatoms. The second-order valence-corrected chi connectivity index (χ2v) is 9.48. The number of aliphatic hydroxyl groups excluding tert-OH is 1. The second kappa shape index (κ2) is 7.17. The average Bonchev–Trinajstić information content (AvgIpc) is 2.97. The number of fused-ring (bicyclic) bond motifs is 1. The van der Waals surface area contributed by atoms with E-state index in [0.29, 0.717) is 17.8 Å². The first-order valence-corrected chi connectivity index (χ1v) is 10.3. The van der Waals surface area contributed by atoms with Gasteiger partial charge in [-0.25, -0.2) is 0 Å². The SMILES string of the molecule is CC(C)(C)C1CCc2c(C(=O)N3CCCCC3CCO)csc2C1. The van der Waals surface area contributed by atoms with Crippen molar-refractivity contribution in [2.24, 2.45) is 11.3 Å². The van der Waals surface area contributed by atoms with Crippen LogP contribution < -0.4 is 0 Å². The topological polar surface area (TPSA) is 40.5 Å². The molecule has 0 bridgehead atoms. The lowest BCUT2D eigenvalue weighted by atomic mass is 9.72. The first-order valence-electron chi connectivity index (χ1n) is 9.43. The van der Waals surface area contributed by atoms with E-state index in [2.05, 4.69) is 26.2 Å². The van der Waals surface area contributed by atoms with E-state index in [1.165, 1.54) is 23.3 Å². The molecule has 0 saturated carbocycles. The highest BCUT2D eigenvalue weighted by Crippen LogP contribution is 2.41. The summed E-state index contributed by atoms with van der Waals surface area (Å²) in [6.45, 7) is 8.00. The van der Waals surface area contributed by atoms with Gasteiger partial charge in [-0.05, 0) is 61.8 Å². The highest BCUT2D eigenvalue weighted by atomic mass is 32.1. The maximum atomic E-state index is 13.1. The van der Waals surface area contributed by atoms with Crippen LogP contribution in [0.5, 0.6) is 0 Å². The molecule has 2 heterocycles. The lowest BCUT2D eigenvalue weighted by Gasteiger charge is -2.36. The third-order valence-corrected chi connectivity index (χ3v) is 7.01. The molecular weight excluding hydrogens is 318 g/mol. The van der Waals surface area contributed by atoms with Crippen molar-refractivity contribution < 1.29 is 9.90 Å². The van der Waals surface area contributed by atoms with Gasteiger partial charge in [-0.1, -0.05) is 20.8 Å². The van der Waals surface area contributed by atoms with Gasteiger partial charge in [0.1, 0.15) is 0 Å². The van der Waals surface area contributed by atoms with Crippen molar-refractivity contribution in [3.63, 3.8) is 0 Å². The number of amides is 1. The smallest absolute Gasteiger partial charge is 0.255 e. The number of likely N-dealkylation sites (tertiary alicyclic amines) is 1. The van der Waals surface area contributed by atoms with E-state index in [1.807, 2.05) is 4.90 Å². The lowest BCUT2D eigenvalue weighted by Crippen LogP contribution is -2.44. The Hall–Kier alpha value is -0.870. The summed E-state index contributed by atoms with van der Waals surface area (Å²) in [5.74, 6) is 0.920. The third kappa shape index (κ3) is 3.55. The quantitative estimate of drug-likeness (QED) is 0.885. The third-order valence-electron chi connectivity index (χ3n) is 5.96. The van der Waals surface area contributed by atoms with Crippen LogP contribution in [-0.4, -0.2) is 35.1 Å². The maximum absolute atomic E-state index is 13.1. The molecule has 1 saturated heterocycles. The summed E-state index contributed by atoms with van der Waals surface area (Å²) in [5.41, 5.74) is 2.61. The molecule has 134 valence electrons. The fourth-order valence-corrected chi connectivity index (χ4v) is 5.46. The highest BCUT2D eigenvalue weighted by molar-refractivity contribution is 7.10. The van der Waals surface area contributed by atoms with Crippen LogP contribution in [0.25, 0.3) is 0 Å². The Bertz CT molecular complexity index is 585. The molecule has 0 aromatic carbocycles. The Balaban J connectivity index is 1.79. The lowest BCUT2D eigenvalue weighted by molar-refractivity contribution is 0.0573. The van der Waals surface area contributed by atoms with Gasteiger partial charge in [0.15, 0.2) is 0 Å². The number of carbonyl (C=O) groups excluding carboxylic acids is 1. The average molecular weight is 350 g/mol. The first-order chi connectivity index (χ1) is 11.4. The number of hydrogen-bond acceptors (Lipinski definition) is 3. The molecule has 3 rings (SSSR count). The number of hydrogen-bond donors (Lipinski definition) is 1. The van der Waals surface area contributed by atoms with E-state index in [4.69, 9.17) is 0 Å². The zero-order valence-corrected chi connectivity index (χ0v) is 16.1. The van der Waals surface area contributed by atoms with E-state index in [9.17, 15) is 9.90 Å². The summed E-state index contributed by atoms with van der Waals surface area (Å²) >= 11 is 1.78. The molecule has 1 aliphatic carbocycles. The van der Waals surface area contributed by atoms with Crippen LogP contribution >= 0.6 is 11.3 Å². The molecule has 1 aromatic rings. The molecule has 1 fully saturated rings. The highest BCUT2D eigenvalue weighted by Gasteiger charge is 2.34. The second-order valence-electron chi connectivity index (χ2n) is 8.52. The molecule has 2 atom stereocenters. The van der Waals surface area contributed by atoms with Crippen LogP contribution in [0.15, 0.2) is 5.38 Å². The Labute approximate surface area is 150 Å². The van der Waals surface area contributed by atoms with E-state index in [-0.39, 0.29) is 18.6 Å². The van der Waals surface area contributed by atoms with Gasteiger partial charge in [0.05, 0.1) is 5.56 Å². The molecule has 2 unspecified atom stereocenters. The Kier molecular flexibility index (Phi) is 5.36. The van der Waals surface area contributed by atoms with Gasteiger partial charge in [0.2, 0.25) is 0 Å². The Morgan fingerprint density at radius 2 is 2.12 bits per heavy atom. The summed E-state index contributed by atoms with van der Waals surface area (Å²) in [6, 6.07) is 0.220. The molecule has 2 aliphatic rings. The van der Waals surface area contributed by atoms with Gasteiger partial charge in [0.25, 0.3) is 5.91 Å². The van der Waals surface area contributed by atoms with Gasteiger partial charge in [-0.2, -0.15) is 0 Å². The summed E-state index contributed by atoms with van der Waals surface area (Å²) < 4.78 is 0. The van der Waals surface area contributed by atoms with Crippen LogP contribution in [0, 0.1) is 11.3 Å². The summed E-state index contributed by atoms with van der Waals surface area (Å²) in [5, 5.41) is 11.4. The molecule has 1 aliphatic heterocycles. The van der Waals surface area contributed by atoms with Crippen LogP contribution in [0.2, 0.25) is 0 Å². The predicted octanol–water partition coefficient (Wildman–Crippen LogP) is 4.28. The number of carbonyl (C=O) groups is 1. The van der Waals surface area contributed by atoms with E-state index in [0.717, 1.165) is 37.8 Å². The van der Waals surface area contributed by atoms with Gasteiger partial charge in [-0.3, -0.25) is 4.79 Å². The van der Waals surface area contributed by atoms with Crippen LogP contribution in [0.3, 0.4) is 0 Å². The number of aliphatic hydroxyl groups is 1. The number of nitrogens with zero attached hydrogens (tertiary/aromatic N) is 1. The monoisotopic (exact) mass is 349 g/mol. The molecule has 24 heavy (non-hydrogen) atoms. The minimum Gasteiger partial charge on any atom is -0.396 e. The standard InChI is InChI=1S/C20H31NO2S/c1-20(2,3)14-7-8-16-17(13-24-18(16)12-14)19(23)21-10-5-4-6-15(21)9-11-22/h13-15,22H,4-12H2,1-3H3. The van der Waals surface area contributed by atoms with Crippen LogP contribution in [-0.2, 0) is 12.8 Å². The summed E-state index contributed by atoms with van der Waals surface area (Å²) in [4.78, 5) is 16.6. The van der Waals surface area contributed by atoms with Gasteiger partial charge >= 0.3 is 0 Å². The van der Waals surface area contributed by atoms with E-state index < -0.39 is 0 Å². The van der Waals surface area contributed by atoms with Crippen molar-refractivity contribution >= 4 is 17.2 Å². The molecule has 0 radical (unpaired) electrons. The first kappa shape index (κ1) is 17.9. The zero-order valence-electron chi connectivity index (χ0n) is 15.3. The molecule has 0 spiro atoms. The summed E-state index contributed by atoms with van der Waals surface area (Å²) in [7, 11) is 0. The van der Waals surface area contributed by atoms with E-state index >= 15 is 0 Å². The fourth-order valence-electron chi connectivity index (χ4n) is 4.30. The van der Waals surface area contributed by atoms with Crippen molar-refractivity contribution in [1.29, 1.82) is 0 Å². The normalized spacial score (nSPS) is 24.8. The minimum absolute atomic E-state index is 0.170. The number of rotatable bonds is 3. The summed E-state index contributed by atoms with van der Waals surface area (Å²) in [6.07, 6.45) is 7.36. The van der Waals surface area contributed by atoms with E-state index in [1.54, 1.807) is 11.3 Å². The molecular formula is C20H31NO2S. The Morgan fingerprint density at radius 3 is 2.83 bits per heavy atom. The fraction of sp³-hybridized carbons (Fsp3) is 0.750. The number of thiophene rings is 1. The number of piperidine rings is 1. The van der Waals surface area contributed by atoms with Gasteiger partial charge in [0, 0.05) is 29.5 Å². The van der Waals surface area contributed by atoms with Crippen molar-refractivity contribution in [3.8, 4) is 0 Å². The zero-order chi connectivity index (χ0) is 17.3. The van der Waals surface area contributed by atoms with Crippen molar-refractivity contribution in [1.82, 2.24) is 4.90 Å². The van der Waals surface area contributed by atoms with Crippen LogP contribution in [0.1, 0.15) is 73.7 Å². The minimum atomic E-state index is 0.170.